The number of hydrogen-bond acceptors (Lipinski definition) is 30. The first-order chi connectivity index (χ1) is 32.7. The molecule has 0 aromatic heterocycles. The van der Waals surface area contributed by atoms with Gasteiger partial charge in [0.2, 0.25) is 0 Å². The molecule has 30 nitrogen and oxygen atoms in total. The van der Waals surface area contributed by atoms with Crippen LogP contribution in [0.1, 0.15) is 13.8 Å². The Kier molecular flexibility index (Phi) is 20.2. The molecule has 6 rings (SSSR count). The van der Waals surface area contributed by atoms with Crippen molar-refractivity contribution in [2.75, 3.05) is 39.6 Å². The number of aliphatic hydroxyl groups is 19. The van der Waals surface area contributed by atoms with Crippen LogP contribution in [0.15, 0.2) is 0 Å². The fourth-order valence-corrected chi connectivity index (χ4v) is 9.12. The maximum absolute atomic E-state index is 11.3. The molecule has 0 aromatic carbocycles. The van der Waals surface area contributed by atoms with Crippen LogP contribution in [-0.2, 0) is 52.1 Å². The summed E-state index contributed by atoms with van der Waals surface area (Å²) >= 11 is 0. The third-order valence-electron chi connectivity index (χ3n) is 13.1. The van der Waals surface area contributed by atoms with Crippen LogP contribution in [-0.4, -0.2) is 321 Å². The highest BCUT2D eigenvalue weighted by molar-refractivity contribution is 5.00. The first-order valence-corrected chi connectivity index (χ1v) is 22.4. The van der Waals surface area contributed by atoms with Crippen molar-refractivity contribution in [3.05, 3.63) is 0 Å². The third kappa shape index (κ3) is 11.7. The predicted molar refractivity (Wildman–Crippen MR) is 212 cm³/mol. The molecule has 30 heteroatoms. The Morgan fingerprint density at radius 2 is 0.493 bits per heavy atom. The van der Waals surface area contributed by atoms with Gasteiger partial charge >= 0.3 is 0 Å². The minimum Gasteiger partial charge on any atom is -0.394 e. The van der Waals surface area contributed by atoms with Crippen LogP contribution in [0.5, 0.6) is 0 Å². The molecule has 0 radical (unpaired) electrons. The van der Waals surface area contributed by atoms with Crippen LogP contribution in [0.2, 0.25) is 0 Å². The van der Waals surface area contributed by atoms with E-state index in [1.54, 1.807) is 13.8 Å². The molecule has 0 spiro atoms. The maximum atomic E-state index is 11.3. The van der Waals surface area contributed by atoms with E-state index in [0.717, 1.165) is 0 Å². The van der Waals surface area contributed by atoms with Crippen molar-refractivity contribution < 1.29 is 149 Å². The molecule has 69 heavy (non-hydrogen) atoms. The monoisotopic (exact) mass is 1020 g/mol. The van der Waals surface area contributed by atoms with Crippen molar-refractivity contribution in [3.8, 4) is 0 Å². The molecule has 404 valence electrons. The van der Waals surface area contributed by atoms with Gasteiger partial charge in [0.1, 0.15) is 146 Å². The average Bonchev–Trinajstić information content (AvgIpc) is 3.33. The lowest BCUT2D eigenvalue weighted by Crippen LogP contribution is -2.68. The molecule has 0 saturated carbocycles. The van der Waals surface area contributed by atoms with Crippen LogP contribution < -0.4 is 0 Å². The van der Waals surface area contributed by atoms with Crippen LogP contribution in [0, 0.1) is 5.92 Å². The Bertz CT molecular complexity index is 1550. The van der Waals surface area contributed by atoms with Gasteiger partial charge in [0.25, 0.3) is 0 Å². The van der Waals surface area contributed by atoms with E-state index >= 15 is 0 Å². The average molecular weight is 1020 g/mol. The molecule has 6 heterocycles. The maximum Gasteiger partial charge on any atom is 0.187 e. The zero-order valence-electron chi connectivity index (χ0n) is 37.1. The van der Waals surface area contributed by atoms with E-state index in [2.05, 4.69) is 0 Å². The van der Waals surface area contributed by atoms with Gasteiger partial charge in [-0.25, -0.2) is 0 Å². The molecule has 19 N–H and O–H groups in total. The summed E-state index contributed by atoms with van der Waals surface area (Å²) in [7, 11) is 0. The Balaban J connectivity index is 1.07. The molecule has 30 atom stereocenters. The molecule has 6 fully saturated rings. The lowest BCUT2D eigenvalue weighted by Gasteiger charge is -2.50. The molecule has 12 unspecified atom stereocenters. The number of hydrogen-bond donors (Lipinski definition) is 19. The lowest BCUT2D eigenvalue weighted by atomic mass is 9.89. The summed E-state index contributed by atoms with van der Waals surface area (Å²) in [5, 5.41) is 201. The zero-order valence-corrected chi connectivity index (χ0v) is 37.1. The fourth-order valence-electron chi connectivity index (χ4n) is 9.12. The van der Waals surface area contributed by atoms with Crippen LogP contribution in [0.4, 0.5) is 0 Å². The minimum atomic E-state index is -2.16. The second-order valence-electron chi connectivity index (χ2n) is 18.1. The molecule has 0 amide bonds. The van der Waals surface area contributed by atoms with E-state index in [9.17, 15) is 97.0 Å². The lowest BCUT2D eigenvalue weighted by molar-refractivity contribution is -0.395. The molecule has 0 aromatic rings. The van der Waals surface area contributed by atoms with Gasteiger partial charge in [0.05, 0.1) is 45.7 Å². The third-order valence-corrected chi connectivity index (χ3v) is 13.1. The van der Waals surface area contributed by atoms with Crippen LogP contribution in [0.25, 0.3) is 0 Å². The molecular formula is C39H68O30. The smallest absolute Gasteiger partial charge is 0.187 e. The van der Waals surface area contributed by atoms with E-state index in [-0.39, 0.29) is 5.92 Å². The van der Waals surface area contributed by atoms with Crippen LogP contribution >= 0.6 is 0 Å². The normalized spacial score (nSPS) is 52.3. The molecule has 6 aliphatic heterocycles. The Labute approximate surface area is 392 Å². The molecular weight excluding hydrogens is 948 g/mol. The van der Waals surface area contributed by atoms with Crippen molar-refractivity contribution in [1.29, 1.82) is 0 Å². The first kappa shape index (κ1) is 57.1. The van der Waals surface area contributed by atoms with Crippen molar-refractivity contribution >= 4 is 0 Å². The summed E-state index contributed by atoms with van der Waals surface area (Å²) in [6, 6.07) is 0. The van der Waals surface area contributed by atoms with Crippen LogP contribution in [0.3, 0.4) is 0 Å². The number of ether oxygens (including phenoxy) is 11. The molecule has 0 bridgehead atoms. The Morgan fingerprint density at radius 1 is 0.275 bits per heavy atom. The highest BCUT2D eigenvalue weighted by atomic mass is 16.8. The van der Waals surface area contributed by atoms with Gasteiger partial charge < -0.3 is 149 Å². The topological polar surface area (TPSA) is 486 Å². The summed E-state index contributed by atoms with van der Waals surface area (Å²) in [5.74, 6) is -0.297. The summed E-state index contributed by atoms with van der Waals surface area (Å²) in [6.07, 6.45) is -54.0. The van der Waals surface area contributed by atoms with Crippen molar-refractivity contribution in [2.24, 2.45) is 5.92 Å². The van der Waals surface area contributed by atoms with Gasteiger partial charge in [-0.15, -0.1) is 0 Å². The fraction of sp³-hybridized carbons (Fsp3) is 1.00. The second-order valence-corrected chi connectivity index (χ2v) is 18.1. The summed E-state index contributed by atoms with van der Waals surface area (Å²) in [4.78, 5) is 0. The quantitative estimate of drug-likeness (QED) is 0.0643. The first-order valence-electron chi connectivity index (χ1n) is 22.4. The molecule has 6 aliphatic rings. The highest BCUT2D eigenvalue weighted by Crippen LogP contribution is 2.37. The second kappa shape index (κ2) is 24.4. The zero-order chi connectivity index (χ0) is 50.9. The van der Waals surface area contributed by atoms with E-state index < -0.39 is 224 Å². The number of aliphatic hydroxyl groups excluding tert-OH is 19. The van der Waals surface area contributed by atoms with Crippen molar-refractivity contribution in [3.63, 3.8) is 0 Å². The minimum absolute atomic E-state index is 0.297. The van der Waals surface area contributed by atoms with Gasteiger partial charge in [-0.05, 0) is 5.92 Å². The highest BCUT2D eigenvalue weighted by Gasteiger charge is 2.57. The predicted octanol–water partition coefficient (Wildman–Crippen LogP) is -12.4. The standard InChI is InChI=1S/C39H68O30/c1-9(2)29-18(48)19(49)30(11(4-41)59-29)65-36-25(55)21(51)32(13(6-43)61-36)67-38-27(57)23(53)34(15(8-45)63-38)69-39-28(58)22(52)33(14(7-44)64-39)68-37-26(56)20(50)31(12(5-42)62-37)66-35-24(54)17(47)16(46)10(3-40)60-35/h9-58H,3-8H2,1-2H3/t10?,11?,12?,13?,14?,15?,16-,17-,18?,19+,20+,21+,22+,23+,24?,25?,26?,27?,28?,29-,30-,31-,32-,33-,34-,35-,36-,37-,38-,39-/m1/s1. The van der Waals surface area contributed by atoms with Crippen molar-refractivity contribution in [1.82, 2.24) is 0 Å². The summed E-state index contributed by atoms with van der Waals surface area (Å²) < 4.78 is 61.7. The van der Waals surface area contributed by atoms with Gasteiger partial charge in [0.15, 0.2) is 31.5 Å². The Hall–Kier alpha value is -1.20. The Morgan fingerprint density at radius 3 is 0.739 bits per heavy atom. The van der Waals surface area contributed by atoms with Gasteiger partial charge in [-0.1, -0.05) is 13.8 Å². The van der Waals surface area contributed by atoms with E-state index in [1.165, 1.54) is 0 Å². The largest absolute Gasteiger partial charge is 0.394 e. The SMILES string of the molecule is CC(C)[C@H]1OC(CO)[C@@H](O[C@H]2OC(CO)[C@@H](O[C@H]3OC(CO)[C@@H](O[C@H]4OC(CO)[C@@H](O[C@H]5OC(CO)[C@@H](O[C@H]6OC(CO)[C@@H](O)[C@@H](O)C6O)[C@@H](O)C5O)[C@@H](O)C4O)[C@@H](O)C3O)[C@@H](O)C2O)[C@@H](O)C1O. The number of rotatable bonds is 17. The van der Waals surface area contributed by atoms with Crippen molar-refractivity contribution in [2.45, 2.75) is 198 Å². The van der Waals surface area contributed by atoms with E-state index in [1.807, 2.05) is 0 Å². The van der Waals surface area contributed by atoms with Gasteiger partial charge in [-0.3, -0.25) is 0 Å². The van der Waals surface area contributed by atoms with Gasteiger partial charge in [0, 0.05) is 0 Å². The van der Waals surface area contributed by atoms with E-state index in [4.69, 9.17) is 52.1 Å². The summed E-state index contributed by atoms with van der Waals surface area (Å²) in [6.45, 7) is -2.02. The summed E-state index contributed by atoms with van der Waals surface area (Å²) in [5.41, 5.74) is 0. The molecule has 0 aliphatic carbocycles. The van der Waals surface area contributed by atoms with E-state index in [0.29, 0.717) is 0 Å². The molecule has 6 saturated heterocycles. The van der Waals surface area contributed by atoms with Gasteiger partial charge in [-0.2, -0.15) is 0 Å².